The maximum Gasteiger partial charge on any atom is 0.266 e. The van der Waals surface area contributed by atoms with Crippen molar-refractivity contribution < 1.29 is 9.18 Å². The second kappa shape index (κ2) is 8.00. The number of rotatable bonds is 5. The number of nitriles is 1. The number of amides is 1. The lowest BCUT2D eigenvalue weighted by Crippen LogP contribution is -2.14. The first-order valence-electron chi connectivity index (χ1n) is 7.92. The number of hydrogen-bond donors (Lipinski definition) is 1. The quantitative estimate of drug-likeness (QED) is 0.612. The average molecular weight is 360 g/mol. The van der Waals surface area contributed by atoms with Gasteiger partial charge in [0.1, 0.15) is 17.5 Å². The Labute approximate surface area is 151 Å². The van der Waals surface area contributed by atoms with Crippen LogP contribution in [0.3, 0.4) is 0 Å². The highest BCUT2D eigenvalue weighted by molar-refractivity contribution is 6.30. The third kappa shape index (κ3) is 4.28. The number of aryl methyl sites for hydroxylation is 1. The summed E-state index contributed by atoms with van der Waals surface area (Å²) in [4.78, 5) is 12.3. The largest absolute Gasteiger partial charge is 0.349 e. The van der Waals surface area contributed by atoms with E-state index in [0.29, 0.717) is 0 Å². The Kier molecular flexibility index (Phi) is 6.00. The van der Waals surface area contributed by atoms with Crippen molar-refractivity contribution in [1.29, 1.82) is 5.26 Å². The highest BCUT2D eigenvalue weighted by Crippen LogP contribution is 2.21. The first-order chi connectivity index (χ1) is 11.9. The zero-order chi connectivity index (χ0) is 18.6. The summed E-state index contributed by atoms with van der Waals surface area (Å²) in [5.41, 5.74) is 2.73. The van der Waals surface area contributed by atoms with E-state index in [9.17, 15) is 14.4 Å². The van der Waals surface area contributed by atoms with Crippen LogP contribution in [0.1, 0.15) is 30.3 Å². The van der Waals surface area contributed by atoms with Gasteiger partial charge in [0.05, 0.1) is 5.69 Å². The minimum Gasteiger partial charge on any atom is -0.349 e. The highest BCUT2D eigenvalue weighted by atomic mass is 35.5. The normalized spacial score (nSPS) is 11.3. The molecular weight excluding hydrogens is 341 g/mol. The Balaban J connectivity index is 2.30. The van der Waals surface area contributed by atoms with Crippen molar-refractivity contribution in [3.05, 3.63) is 57.6 Å². The van der Waals surface area contributed by atoms with Crippen LogP contribution in [-0.2, 0) is 11.3 Å². The molecule has 0 aliphatic heterocycles. The lowest BCUT2D eigenvalue weighted by Gasteiger charge is -2.07. The van der Waals surface area contributed by atoms with Gasteiger partial charge < -0.3 is 9.88 Å². The van der Waals surface area contributed by atoms with E-state index >= 15 is 0 Å². The number of aromatic nitrogens is 1. The number of hydrogen-bond acceptors (Lipinski definition) is 2. The van der Waals surface area contributed by atoms with Gasteiger partial charge in [-0.05, 0) is 56.2 Å². The Morgan fingerprint density at radius 1 is 1.40 bits per heavy atom. The topological polar surface area (TPSA) is 57.8 Å². The van der Waals surface area contributed by atoms with E-state index in [2.05, 4.69) is 16.8 Å². The molecule has 6 heteroatoms. The molecule has 0 unspecified atom stereocenters. The molecule has 25 heavy (non-hydrogen) atoms. The minimum absolute atomic E-state index is 0.0213. The monoisotopic (exact) mass is 359 g/mol. The predicted molar refractivity (Wildman–Crippen MR) is 97.8 cm³/mol. The summed E-state index contributed by atoms with van der Waals surface area (Å²) in [6.07, 6.45) is 2.51. The molecule has 0 fully saturated rings. The van der Waals surface area contributed by atoms with Crippen molar-refractivity contribution in [2.75, 3.05) is 5.32 Å². The zero-order valence-electron chi connectivity index (χ0n) is 14.4. The van der Waals surface area contributed by atoms with Crippen molar-refractivity contribution in [3.63, 3.8) is 0 Å². The van der Waals surface area contributed by atoms with Crippen molar-refractivity contribution >= 4 is 29.3 Å². The molecule has 0 bridgehead atoms. The fourth-order valence-corrected chi connectivity index (χ4v) is 2.78. The molecule has 2 rings (SSSR count). The van der Waals surface area contributed by atoms with Gasteiger partial charge in [-0.15, -0.1) is 0 Å². The molecule has 0 atom stereocenters. The molecule has 1 aromatic carbocycles. The minimum atomic E-state index is -0.663. The number of nitrogens with one attached hydrogen (secondary N) is 1. The van der Waals surface area contributed by atoms with Gasteiger partial charge in [-0.2, -0.15) is 5.26 Å². The molecule has 0 aliphatic carbocycles. The molecule has 4 nitrogen and oxygen atoms in total. The number of halogens is 2. The van der Waals surface area contributed by atoms with Crippen LogP contribution in [0.5, 0.6) is 0 Å². The maximum absolute atomic E-state index is 13.8. The van der Waals surface area contributed by atoms with Crippen LogP contribution in [-0.4, -0.2) is 10.5 Å². The van der Waals surface area contributed by atoms with Gasteiger partial charge in [0.2, 0.25) is 0 Å². The van der Waals surface area contributed by atoms with E-state index in [0.717, 1.165) is 36.0 Å². The van der Waals surface area contributed by atoms with Gasteiger partial charge in [0.15, 0.2) is 0 Å². The van der Waals surface area contributed by atoms with Gasteiger partial charge >= 0.3 is 0 Å². The van der Waals surface area contributed by atoms with Crippen molar-refractivity contribution in [3.8, 4) is 6.07 Å². The number of carbonyl (C=O) groups excluding carboxylic acids is 1. The summed E-state index contributed by atoms with van der Waals surface area (Å²) in [5.74, 6) is -1.32. The molecule has 130 valence electrons. The van der Waals surface area contributed by atoms with Crippen molar-refractivity contribution in [2.45, 2.75) is 33.7 Å². The molecule has 1 N–H and O–H groups in total. The van der Waals surface area contributed by atoms with Crippen LogP contribution in [0.15, 0.2) is 29.8 Å². The van der Waals surface area contributed by atoms with E-state index < -0.39 is 11.7 Å². The van der Waals surface area contributed by atoms with Crippen LogP contribution < -0.4 is 5.32 Å². The van der Waals surface area contributed by atoms with Gasteiger partial charge in [0.25, 0.3) is 5.91 Å². The molecular formula is C19H19ClFN3O. The van der Waals surface area contributed by atoms with E-state index in [1.165, 1.54) is 18.2 Å². The lowest BCUT2D eigenvalue weighted by molar-refractivity contribution is -0.112. The van der Waals surface area contributed by atoms with Gasteiger partial charge in [-0.3, -0.25) is 4.79 Å². The molecule has 0 spiro atoms. The Morgan fingerprint density at radius 3 is 2.72 bits per heavy atom. The predicted octanol–water partition coefficient (Wildman–Crippen LogP) is 4.85. The molecule has 0 radical (unpaired) electrons. The first kappa shape index (κ1) is 18.8. The fraction of sp³-hybridized carbons (Fsp3) is 0.263. The smallest absolute Gasteiger partial charge is 0.266 e. The molecule has 0 saturated carbocycles. The SMILES string of the molecule is CCCn1c(C)cc(/C=C(/C#N)C(=O)Nc2ccc(Cl)cc2F)c1C. The van der Waals surface area contributed by atoms with Crippen LogP contribution in [0.4, 0.5) is 10.1 Å². The van der Waals surface area contributed by atoms with Crippen molar-refractivity contribution in [2.24, 2.45) is 0 Å². The molecule has 1 amide bonds. The Bertz CT molecular complexity index is 878. The molecule has 0 aliphatic rings. The van der Waals surface area contributed by atoms with Crippen LogP contribution in [0, 0.1) is 31.0 Å². The average Bonchev–Trinajstić information content (AvgIpc) is 2.83. The van der Waals surface area contributed by atoms with Crippen molar-refractivity contribution in [1.82, 2.24) is 4.57 Å². The third-order valence-corrected chi connectivity index (χ3v) is 4.14. The molecule has 2 aromatic rings. The van der Waals surface area contributed by atoms with Gasteiger partial charge in [-0.25, -0.2) is 4.39 Å². The third-order valence-electron chi connectivity index (χ3n) is 3.90. The van der Waals surface area contributed by atoms with Crippen LogP contribution >= 0.6 is 11.6 Å². The maximum atomic E-state index is 13.8. The zero-order valence-corrected chi connectivity index (χ0v) is 15.1. The van der Waals surface area contributed by atoms with Crippen LogP contribution in [0.2, 0.25) is 5.02 Å². The summed E-state index contributed by atoms with van der Waals surface area (Å²) in [6, 6.07) is 7.74. The fourth-order valence-electron chi connectivity index (χ4n) is 2.63. The number of nitrogens with zero attached hydrogens (tertiary/aromatic N) is 2. The Hall–Kier alpha value is -2.58. The second-order valence-electron chi connectivity index (χ2n) is 5.73. The Morgan fingerprint density at radius 2 is 2.12 bits per heavy atom. The number of benzene rings is 1. The molecule has 0 saturated heterocycles. The molecule has 1 aromatic heterocycles. The summed E-state index contributed by atoms with van der Waals surface area (Å²) in [5, 5.41) is 12.0. The lowest BCUT2D eigenvalue weighted by atomic mass is 10.1. The van der Waals surface area contributed by atoms with Gasteiger partial charge in [-0.1, -0.05) is 18.5 Å². The summed E-state index contributed by atoms with van der Waals surface area (Å²) in [7, 11) is 0. The summed E-state index contributed by atoms with van der Waals surface area (Å²) >= 11 is 5.69. The van der Waals surface area contributed by atoms with Crippen LogP contribution in [0.25, 0.3) is 6.08 Å². The highest BCUT2D eigenvalue weighted by Gasteiger charge is 2.14. The van der Waals surface area contributed by atoms with E-state index in [4.69, 9.17) is 11.6 Å². The second-order valence-corrected chi connectivity index (χ2v) is 6.16. The molecule has 1 heterocycles. The van der Waals surface area contributed by atoms with E-state index in [1.807, 2.05) is 26.0 Å². The number of carbonyl (C=O) groups is 1. The summed E-state index contributed by atoms with van der Waals surface area (Å²) < 4.78 is 15.9. The summed E-state index contributed by atoms with van der Waals surface area (Å²) in [6.45, 7) is 6.88. The standard InChI is InChI=1S/C19H19ClFN3O/c1-4-7-24-12(2)8-14(13(24)3)9-15(11-22)19(25)23-18-6-5-16(20)10-17(18)21/h5-6,8-10H,4,7H2,1-3H3,(H,23,25)/b15-9-. The number of anilines is 1. The van der Waals surface area contributed by atoms with E-state index in [-0.39, 0.29) is 16.3 Å². The first-order valence-corrected chi connectivity index (χ1v) is 8.30. The van der Waals surface area contributed by atoms with Gasteiger partial charge in [0, 0.05) is 23.0 Å². The van der Waals surface area contributed by atoms with E-state index in [1.54, 1.807) is 0 Å².